The van der Waals surface area contributed by atoms with Crippen molar-refractivity contribution in [3.05, 3.63) is 59.9 Å². The molecule has 0 aliphatic carbocycles. The van der Waals surface area contributed by atoms with Gasteiger partial charge in [-0.1, -0.05) is 6.07 Å². The average molecular weight is 424 g/mol. The van der Waals surface area contributed by atoms with E-state index in [1.807, 2.05) is 42.6 Å². The number of piperidine rings is 1. The molecule has 1 atom stereocenters. The zero-order valence-electron chi connectivity index (χ0n) is 18.5. The van der Waals surface area contributed by atoms with Crippen molar-refractivity contribution in [3.8, 4) is 5.75 Å². The molecule has 31 heavy (non-hydrogen) atoms. The number of benzene rings is 1. The lowest BCUT2D eigenvalue weighted by Gasteiger charge is -2.35. The van der Waals surface area contributed by atoms with E-state index >= 15 is 0 Å². The van der Waals surface area contributed by atoms with Crippen LogP contribution >= 0.6 is 0 Å². The van der Waals surface area contributed by atoms with Crippen molar-refractivity contribution < 1.29 is 14.3 Å². The van der Waals surface area contributed by atoms with Crippen LogP contribution < -0.4 is 10.1 Å². The third kappa shape index (κ3) is 6.28. The summed E-state index contributed by atoms with van der Waals surface area (Å²) >= 11 is 0. The van der Waals surface area contributed by atoms with Crippen molar-refractivity contribution in [1.29, 1.82) is 0 Å². The van der Waals surface area contributed by atoms with Crippen LogP contribution in [-0.2, 0) is 11.3 Å². The van der Waals surface area contributed by atoms with Gasteiger partial charge in [0.25, 0.3) is 5.91 Å². The Labute approximate surface area is 185 Å². The highest BCUT2D eigenvalue weighted by Crippen LogP contribution is 2.25. The molecule has 0 unspecified atom stereocenters. The van der Waals surface area contributed by atoms with Gasteiger partial charge in [0.1, 0.15) is 11.9 Å². The molecule has 1 amide bonds. The summed E-state index contributed by atoms with van der Waals surface area (Å²) in [6.07, 6.45) is 5.74. The zero-order chi connectivity index (χ0) is 21.7. The number of nitrogens with zero attached hydrogens (tertiary/aromatic N) is 2. The molecule has 0 spiro atoms. The Kier molecular flexibility index (Phi) is 6.88. The molecule has 2 aliphatic heterocycles. The minimum atomic E-state index is -0.179. The van der Waals surface area contributed by atoms with Crippen LogP contribution in [0.2, 0.25) is 0 Å². The Balaban J connectivity index is 1.23. The summed E-state index contributed by atoms with van der Waals surface area (Å²) in [6.45, 7) is 7.72. The van der Waals surface area contributed by atoms with Crippen molar-refractivity contribution >= 4 is 5.91 Å². The predicted octanol–water partition coefficient (Wildman–Crippen LogP) is 3.81. The molecule has 2 fully saturated rings. The van der Waals surface area contributed by atoms with Crippen molar-refractivity contribution in [1.82, 2.24) is 15.2 Å². The van der Waals surface area contributed by atoms with E-state index in [2.05, 4.69) is 35.1 Å². The second-order valence-corrected chi connectivity index (χ2v) is 9.21. The second-order valence-electron chi connectivity index (χ2n) is 9.21. The van der Waals surface area contributed by atoms with E-state index < -0.39 is 0 Å². The topological polar surface area (TPSA) is 63.7 Å². The number of hydrogen-bond acceptors (Lipinski definition) is 5. The Hall–Kier alpha value is -2.44. The fourth-order valence-electron chi connectivity index (χ4n) is 4.41. The standard InChI is InChI=1S/C25H33N3O3/c1-25(2)17-20(12-16-30-25)27-24(29)19-6-8-22(9-7-19)31-23-10-14-28(15-11-23)18-21-5-3-4-13-26-21/h3-9,13,20,23H,10-12,14-18H2,1-2H3,(H,27,29)/t20-/m0/s1. The number of pyridine rings is 1. The first-order chi connectivity index (χ1) is 15.0. The van der Waals surface area contributed by atoms with Gasteiger partial charge in [0.15, 0.2) is 0 Å². The van der Waals surface area contributed by atoms with Crippen molar-refractivity contribution in [3.63, 3.8) is 0 Å². The Morgan fingerprint density at radius 2 is 1.94 bits per heavy atom. The predicted molar refractivity (Wildman–Crippen MR) is 120 cm³/mol. The zero-order valence-corrected chi connectivity index (χ0v) is 18.5. The molecular weight excluding hydrogens is 390 g/mol. The largest absolute Gasteiger partial charge is 0.490 e. The average Bonchev–Trinajstić information content (AvgIpc) is 2.76. The van der Waals surface area contributed by atoms with Crippen LogP contribution in [0.5, 0.6) is 5.75 Å². The Bertz CT molecular complexity index is 846. The molecule has 0 radical (unpaired) electrons. The molecular formula is C25H33N3O3. The molecule has 6 heteroatoms. The smallest absolute Gasteiger partial charge is 0.251 e. The van der Waals surface area contributed by atoms with E-state index in [1.54, 1.807) is 0 Å². The number of likely N-dealkylation sites (tertiary alicyclic amines) is 1. The van der Waals surface area contributed by atoms with Gasteiger partial charge < -0.3 is 14.8 Å². The highest BCUT2D eigenvalue weighted by Gasteiger charge is 2.29. The molecule has 6 nitrogen and oxygen atoms in total. The molecule has 3 heterocycles. The quantitative estimate of drug-likeness (QED) is 0.765. The first-order valence-electron chi connectivity index (χ1n) is 11.3. The molecule has 2 aromatic rings. The van der Waals surface area contributed by atoms with Crippen LogP contribution in [0, 0.1) is 0 Å². The third-order valence-electron chi connectivity index (χ3n) is 6.10. The summed E-state index contributed by atoms with van der Waals surface area (Å²) in [4.78, 5) is 19.4. The maximum absolute atomic E-state index is 12.6. The van der Waals surface area contributed by atoms with E-state index in [4.69, 9.17) is 9.47 Å². The molecule has 1 aromatic carbocycles. The monoisotopic (exact) mass is 423 g/mol. The fourth-order valence-corrected chi connectivity index (χ4v) is 4.41. The molecule has 166 valence electrons. The van der Waals surface area contributed by atoms with Crippen LogP contribution in [-0.4, -0.2) is 53.2 Å². The summed E-state index contributed by atoms with van der Waals surface area (Å²) in [5.74, 6) is 0.795. The van der Waals surface area contributed by atoms with Gasteiger partial charge in [-0.2, -0.15) is 0 Å². The number of amides is 1. The molecule has 2 aliphatic rings. The summed E-state index contributed by atoms with van der Waals surface area (Å²) in [6, 6.07) is 13.7. The third-order valence-corrected chi connectivity index (χ3v) is 6.10. The molecule has 2 saturated heterocycles. The summed E-state index contributed by atoms with van der Waals surface area (Å²) < 4.78 is 11.9. The normalized spacial score (nSPS) is 22.1. The summed E-state index contributed by atoms with van der Waals surface area (Å²) in [5, 5.41) is 3.15. The lowest BCUT2D eigenvalue weighted by molar-refractivity contribution is -0.0615. The van der Waals surface area contributed by atoms with E-state index in [0.29, 0.717) is 12.2 Å². The van der Waals surface area contributed by atoms with Crippen molar-refractivity contribution in [2.24, 2.45) is 0 Å². The molecule has 0 saturated carbocycles. The van der Waals surface area contributed by atoms with Crippen LogP contribution in [0.3, 0.4) is 0 Å². The maximum Gasteiger partial charge on any atom is 0.251 e. The van der Waals surface area contributed by atoms with Gasteiger partial charge in [-0.3, -0.25) is 14.7 Å². The molecule has 1 N–H and O–H groups in total. The van der Waals surface area contributed by atoms with Gasteiger partial charge in [-0.15, -0.1) is 0 Å². The van der Waals surface area contributed by atoms with Gasteiger partial charge in [-0.25, -0.2) is 0 Å². The van der Waals surface area contributed by atoms with Gasteiger partial charge in [0.05, 0.1) is 11.3 Å². The first kappa shape index (κ1) is 21.8. The Morgan fingerprint density at radius 1 is 1.16 bits per heavy atom. The SMILES string of the molecule is CC1(C)C[C@@H](NC(=O)c2ccc(OC3CCN(Cc4ccccn4)CC3)cc2)CCO1. The van der Waals surface area contributed by atoms with Gasteiger partial charge in [-0.05, 0) is 75.9 Å². The van der Waals surface area contributed by atoms with Crippen molar-refractivity contribution in [2.45, 2.75) is 63.8 Å². The van der Waals surface area contributed by atoms with E-state index in [9.17, 15) is 4.79 Å². The number of rotatable bonds is 6. The van der Waals surface area contributed by atoms with Gasteiger partial charge >= 0.3 is 0 Å². The van der Waals surface area contributed by atoms with E-state index in [0.717, 1.165) is 56.8 Å². The summed E-state index contributed by atoms with van der Waals surface area (Å²) in [5.41, 5.74) is 1.60. The lowest BCUT2D eigenvalue weighted by atomic mass is 9.94. The number of carbonyl (C=O) groups is 1. The van der Waals surface area contributed by atoms with Crippen LogP contribution in [0.1, 0.15) is 55.6 Å². The maximum atomic E-state index is 12.6. The van der Waals surface area contributed by atoms with E-state index in [1.165, 1.54) is 0 Å². The van der Waals surface area contributed by atoms with E-state index in [-0.39, 0.29) is 23.7 Å². The second kappa shape index (κ2) is 9.79. The number of aromatic nitrogens is 1. The van der Waals surface area contributed by atoms with Gasteiger partial charge in [0.2, 0.25) is 0 Å². The number of ether oxygens (including phenoxy) is 2. The fraction of sp³-hybridized carbons (Fsp3) is 0.520. The first-order valence-corrected chi connectivity index (χ1v) is 11.3. The number of nitrogens with one attached hydrogen (secondary N) is 1. The lowest BCUT2D eigenvalue weighted by Crippen LogP contribution is -2.45. The number of carbonyl (C=O) groups excluding carboxylic acids is 1. The Morgan fingerprint density at radius 3 is 2.61 bits per heavy atom. The van der Waals surface area contributed by atoms with Gasteiger partial charge in [0, 0.05) is 44.0 Å². The minimum Gasteiger partial charge on any atom is -0.490 e. The molecule has 4 rings (SSSR count). The minimum absolute atomic E-state index is 0.0305. The van der Waals surface area contributed by atoms with Crippen LogP contribution in [0.4, 0.5) is 0 Å². The summed E-state index contributed by atoms with van der Waals surface area (Å²) in [7, 11) is 0. The highest BCUT2D eigenvalue weighted by molar-refractivity contribution is 5.94. The van der Waals surface area contributed by atoms with Crippen LogP contribution in [0.15, 0.2) is 48.7 Å². The van der Waals surface area contributed by atoms with Crippen molar-refractivity contribution in [2.75, 3.05) is 19.7 Å². The highest BCUT2D eigenvalue weighted by atomic mass is 16.5. The van der Waals surface area contributed by atoms with Crippen LogP contribution in [0.25, 0.3) is 0 Å². The molecule has 1 aromatic heterocycles. The number of hydrogen-bond donors (Lipinski definition) is 1. The molecule has 0 bridgehead atoms.